The molecule has 0 atom stereocenters. The van der Waals surface area contributed by atoms with Crippen molar-refractivity contribution in [2.45, 2.75) is 13.8 Å². The molecule has 0 aromatic carbocycles. The van der Waals surface area contributed by atoms with Crippen molar-refractivity contribution in [1.29, 1.82) is 0 Å². The van der Waals surface area contributed by atoms with Gasteiger partial charge in [-0.2, -0.15) is 0 Å². The first-order valence-electron chi connectivity index (χ1n) is 4.26. The normalized spacial score (nSPS) is 11.5. The van der Waals surface area contributed by atoms with Crippen LogP contribution in [0.1, 0.15) is 13.8 Å². The van der Waals surface area contributed by atoms with Gasteiger partial charge in [-0.1, -0.05) is 18.7 Å². The molecule has 0 saturated carbocycles. The zero-order valence-corrected chi connectivity index (χ0v) is 8.76. The van der Waals surface area contributed by atoms with E-state index in [1.165, 1.54) is 13.8 Å². The van der Waals surface area contributed by atoms with Crippen LogP contribution in [0.3, 0.4) is 0 Å². The van der Waals surface area contributed by atoms with E-state index >= 15 is 0 Å². The average Bonchev–Trinajstić information content (AvgIpc) is 2.11. The first kappa shape index (κ1) is 12.4. The number of allylic oxidation sites excluding steroid dienone is 5. The van der Waals surface area contributed by atoms with E-state index in [0.717, 1.165) is 0 Å². The van der Waals surface area contributed by atoms with Gasteiger partial charge < -0.3 is 5.32 Å². The largest absolute Gasteiger partial charge is 0.385 e. The summed E-state index contributed by atoms with van der Waals surface area (Å²) in [6.07, 6.45) is 4.80. The Labute approximate surface area is 84.2 Å². The van der Waals surface area contributed by atoms with Gasteiger partial charge in [0.05, 0.1) is 5.70 Å². The van der Waals surface area contributed by atoms with Crippen LogP contribution in [0.5, 0.6) is 0 Å². The molecule has 0 aromatic rings. The Morgan fingerprint density at radius 2 is 1.79 bits per heavy atom. The van der Waals surface area contributed by atoms with Gasteiger partial charge in [-0.3, -0.25) is 9.59 Å². The van der Waals surface area contributed by atoms with E-state index in [-0.39, 0.29) is 11.6 Å². The molecule has 0 rings (SSSR count). The van der Waals surface area contributed by atoms with E-state index < -0.39 is 0 Å². The number of Topliss-reactive ketones (excluding diaryl/α,β-unsaturated/α-hetero) is 2. The van der Waals surface area contributed by atoms with Crippen LogP contribution in [-0.4, -0.2) is 18.6 Å². The van der Waals surface area contributed by atoms with Gasteiger partial charge in [0.25, 0.3) is 0 Å². The summed E-state index contributed by atoms with van der Waals surface area (Å²) in [4.78, 5) is 21.7. The van der Waals surface area contributed by atoms with Crippen molar-refractivity contribution in [3.8, 4) is 0 Å². The van der Waals surface area contributed by atoms with E-state index in [0.29, 0.717) is 11.3 Å². The molecule has 0 heterocycles. The van der Waals surface area contributed by atoms with Gasteiger partial charge in [0.2, 0.25) is 0 Å². The van der Waals surface area contributed by atoms with Gasteiger partial charge in [-0.15, -0.1) is 0 Å². The van der Waals surface area contributed by atoms with E-state index in [4.69, 9.17) is 0 Å². The van der Waals surface area contributed by atoms with Crippen LogP contribution in [0.4, 0.5) is 0 Å². The van der Waals surface area contributed by atoms with Gasteiger partial charge in [-0.05, 0) is 13.0 Å². The molecule has 0 unspecified atom stereocenters. The SMILES string of the molecule is C=C(/C=C\C=C(/NC)C(C)=O)C(C)=O. The van der Waals surface area contributed by atoms with Crippen LogP contribution in [0.2, 0.25) is 0 Å². The van der Waals surface area contributed by atoms with E-state index in [2.05, 4.69) is 11.9 Å². The van der Waals surface area contributed by atoms with Crippen LogP contribution in [0.15, 0.2) is 36.1 Å². The molecular formula is C11H15NO2. The molecule has 3 nitrogen and oxygen atoms in total. The standard InChI is InChI=1S/C11H15NO2/c1-8(9(2)13)6-5-7-11(12-4)10(3)14/h5-7,12H,1H2,2-4H3/b6-5-,11-7-. The van der Waals surface area contributed by atoms with Gasteiger partial charge in [0.15, 0.2) is 11.6 Å². The second-order valence-corrected chi connectivity index (χ2v) is 2.83. The molecule has 0 aliphatic carbocycles. The molecule has 0 radical (unpaired) electrons. The second-order valence-electron chi connectivity index (χ2n) is 2.83. The lowest BCUT2D eigenvalue weighted by Crippen LogP contribution is -2.12. The van der Waals surface area contributed by atoms with Crippen molar-refractivity contribution in [3.05, 3.63) is 36.1 Å². The lowest BCUT2D eigenvalue weighted by atomic mass is 10.2. The van der Waals surface area contributed by atoms with Gasteiger partial charge >= 0.3 is 0 Å². The third-order valence-corrected chi connectivity index (χ3v) is 1.66. The molecule has 0 bridgehead atoms. The first-order valence-corrected chi connectivity index (χ1v) is 4.26. The predicted molar refractivity (Wildman–Crippen MR) is 56.8 cm³/mol. The highest BCUT2D eigenvalue weighted by atomic mass is 16.1. The lowest BCUT2D eigenvalue weighted by molar-refractivity contribution is -0.114. The zero-order valence-electron chi connectivity index (χ0n) is 8.76. The number of carbonyl (C=O) groups excluding carboxylic acids is 2. The molecule has 76 valence electrons. The van der Waals surface area contributed by atoms with Gasteiger partial charge in [0.1, 0.15) is 0 Å². The molecular weight excluding hydrogens is 178 g/mol. The fourth-order valence-corrected chi connectivity index (χ4v) is 0.755. The third-order valence-electron chi connectivity index (χ3n) is 1.66. The highest BCUT2D eigenvalue weighted by Gasteiger charge is 1.97. The van der Waals surface area contributed by atoms with Crippen LogP contribution < -0.4 is 5.32 Å². The molecule has 1 N–H and O–H groups in total. The first-order chi connectivity index (χ1) is 6.49. The Kier molecular flexibility index (Phi) is 5.22. The fraction of sp³-hybridized carbons (Fsp3) is 0.273. The number of hydrogen-bond acceptors (Lipinski definition) is 3. The number of nitrogens with one attached hydrogen (secondary N) is 1. The number of ketones is 2. The Morgan fingerprint density at radius 1 is 1.21 bits per heavy atom. The number of hydrogen-bond donors (Lipinski definition) is 1. The van der Waals surface area contributed by atoms with E-state index in [1.807, 2.05) is 0 Å². The van der Waals surface area contributed by atoms with Crippen molar-refractivity contribution in [1.82, 2.24) is 5.32 Å². The molecule has 0 aliphatic heterocycles. The Hall–Kier alpha value is -1.64. The van der Waals surface area contributed by atoms with Crippen molar-refractivity contribution in [2.24, 2.45) is 0 Å². The summed E-state index contributed by atoms with van der Waals surface area (Å²) in [5, 5.41) is 2.75. The molecule has 3 heteroatoms. The number of carbonyl (C=O) groups is 2. The summed E-state index contributed by atoms with van der Waals surface area (Å²) in [7, 11) is 1.67. The highest BCUT2D eigenvalue weighted by molar-refractivity contribution is 5.95. The molecule has 0 saturated heterocycles. The van der Waals surface area contributed by atoms with E-state index in [1.54, 1.807) is 25.3 Å². The van der Waals surface area contributed by atoms with Crippen LogP contribution >= 0.6 is 0 Å². The molecule has 0 fully saturated rings. The topological polar surface area (TPSA) is 46.2 Å². The average molecular weight is 193 g/mol. The quantitative estimate of drug-likeness (QED) is 0.530. The molecule has 0 aliphatic rings. The smallest absolute Gasteiger partial charge is 0.175 e. The van der Waals surface area contributed by atoms with Crippen LogP contribution in [-0.2, 0) is 9.59 Å². The maximum absolute atomic E-state index is 10.9. The monoisotopic (exact) mass is 193 g/mol. The van der Waals surface area contributed by atoms with Crippen LogP contribution in [0.25, 0.3) is 0 Å². The van der Waals surface area contributed by atoms with Gasteiger partial charge in [-0.25, -0.2) is 0 Å². The molecule has 0 amide bonds. The minimum atomic E-state index is -0.0801. The summed E-state index contributed by atoms with van der Waals surface area (Å²) in [5.41, 5.74) is 0.915. The van der Waals surface area contributed by atoms with Crippen LogP contribution in [0, 0.1) is 0 Å². The maximum Gasteiger partial charge on any atom is 0.175 e. The summed E-state index contributed by atoms with van der Waals surface area (Å²) < 4.78 is 0. The summed E-state index contributed by atoms with van der Waals surface area (Å²) in [6.45, 7) is 6.46. The van der Waals surface area contributed by atoms with Crippen molar-refractivity contribution < 1.29 is 9.59 Å². The fourth-order valence-electron chi connectivity index (χ4n) is 0.755. The van der Waals surface area contributed by atoms with Crippen molar-refractivity contribution in [3.63, 3.8) is 0 Å². The third kappa shape index (κ3) is 4.40. The van der Waals surface area contributed by atoms with Crippen molar-refractivity contribution >= 4 is 11.6 Å². The Balaban J connectivity index is 4.47. The van der Waals surface area contributed by atoms with E-state index in [9.17, 15) is 9.59 Å². The summed E-state index contributed by atoms with van der Waals surface area (Å²) >= 11 is 0. The second kappa shape index (κ2) is 5.91. The maximum atomic E-state index is 10.9. The molecule has 0 aromatic heterocycles. The molecule has 14 heavy (non-hydrogen) atoms. The lowest BCUT2D eigenvalue weighted by Gasteiger charge is -1.98. The Bertz CT molecular complexity index is 311. The highest BCUT2D eigenvalue weighted by Crippen LogP contribution is 1.96. The summed E-state index contributed by atoms with van der Waals surface area (Å²) in [6, 6.07) is 0. The minimum Gasteiger partial charge on any atom is -0.385 e. The minimum absolute atomic E-state index is 0.0504. The number of likely N-dealkylation sites (N-methyl/N-ethyl adjacent to an activating group) is 1. The predicted octanol–water partition coefficient (Wildman–Crippen LogP) is 1.38. The van der Waals surface area contributed by atoms with Crippen molar-refractivity contribution in [2.75, 3.05) is 7.05 Å². The Morgan fingerprint density at radius 3 is 2.14 bits per heavy atom. The molecule has 0 spiro atoms. The number of rotatable bonds is 5. The summed E-state index contributed by atoms with van der Waals surface area (Å²) in [5.74, 6) is -0.130. The zero-order chi connectivity index (χ0) is 11.1. The van der Waals surface area contributed by atoms with Gasteiger partial charge in [0, 0.05) is 19.5 Å².